The highest BCUT2D eigenvalue weighted by Crippen LogP contribution is 2.24. The first-order valence-corrected chi connectivity index (χ1v) is 7.94. The van der Waals surface area contributed by atoms with E-state index in [0.29, 0.717) is 11.7 Å². The van der Waals surface area contributed by atoms with Crippen LogP contribution < -0.4 is 5.73 Å². The molecule has 2 N–H and O–H groups in total. The maximum absolute atomic E-state index is 12.8. The zero-order valence-corrected chi connectivity index (χ0v) is 12.8. The first kappa shape index (κ1) is 14.9. The molecule has 4 nitrogen and oxygen atoms in total. The van der Waals surface area contributed by atoms with Crippen LogP contribution in [0.5, 0.6) is 0 Å². The second kappa shape index (κ2) is 6.82. The predicted molar refractivity (Wildman–Crippen MR) is 82.7 cm³/mol. The van der Waals surface area contributed by atoms with Crippen molar-refractivity contribution in [3.8, 4) is 0 Å². The number of amides is 1. The fourth-order valence-electron chi connectivity index (χ4n) is 3.19. The van der Waals surface area contributed by atoms with Crippen molar-refractivity contribution in [2.45, 2.75) is 65.0 Å². The molecule has 0 spiro atoms. The van der Waals surface area contributed by atoms with Crippen molar-refractivity contribution in [3.05, 3.63) is 18.0 Å². The molecule has 1 atom stereocenters. The highest BCUT2D eigenvalue weighted by atomic mass is 16.2. The smallest absolute Gasteiger partial charge is 0.270 e. The lowest BCUT2D eigenvalue weighted by atomic mass is 9.98. The van der Waals surface area contributed by atoms with E-state index in [1.54, 1.807) is 0 Å². The van der Waals surface area contributed by atoms with E-state index in [2.05, 4.69) is 18.7 Å². The number of hydrogen-bond donors (Lipinski definition) is 1. The molecule has 1 aliphatic heterocycles. The lowest BCUT2D eigenvalue weighted by molar-refractivity contribution is 0.0589. The zero-order chi connectivity index (χ0) is 14.5. The Hall–Kier alpha value is -1.45. The minimum absolute atomic E-state index is 0.160. The standard InChI is InChI=1S/C16H27N3O/c1-3-7-14-8-5-6-10-19(14)16(20)15-11-13(17)12-18(15)9-4-2/h11-12,14H,3-10,17H2,1-2H3. The molecule has 1 aliphatic rings. The van der Waals surface area contributed by atoms with Crippen molar-refractivity contribution in [1.29, 1.82) is 0 Å². The van der Waals surface area contributed by atoms with E-state index in [9.17, 15) is 4.79 Å². The number of aryl methyl sites for hydroxylation is 1. The van der Waals surface area contributed by atoms with E-state index in [4.69, 9.17) is 5.73 Å². The number of carbonyl (C=O) groups is 1. The van der Waals surface area contributed by atoms with Gasteiger partial charge in [-0.25, -0.2) is 0 Å². The van der Waals surface area contributed by atoms with Crippen LogP contribution in [0.3, 0.4) is 0 Å². The molecule has 1 aromatic rings. The number of anilines is 1. The first-order valence-electron chi connectivity index (χ1n) is 7.94. The van der Waals surface area contributed by atoms with Crippen molar-refractivity contribution < 1.29 is 4.79 Å². The zero-order valence-electron chi connectivity index (χ0n) is 12.8. The Morgan fingerprint density at radius 2 is 2.15 bits per heavy atom. The first-order chi connectivity index (χ1) is 9.67. The van der Waals surface area contributed by atoms with Crippen LogP contribution in [0.4, 0.5) is 5.69 Å². The van der Waals surface area contributed by atoms with Gasteiger partial charge in [0, 0.05) is 25.3 Å². The summed E-state index contributed by atoms with van der Waals surface area (Å²) >= 11 is 0. The fourth-order valence-corrected chi connectivity index (χ4v) is 3.19. The van der Waals surface area contributed by atoms with Crippen molar-refractivity contribution in [3.63, 3.8) is 0 Å². The summed E-state index contributed by atoms with van der Waals surface area (Å²) < 4.78 is 2.01. The monoisotopic (exact) mass is 277 g/mol. The normalized spacial score (nSPS) is 19.3. The van der Waals surface area contributed by atoms with Crippen molar-refractivity contribution in [2.75, 3.05) is 12.3 Å². The van der Waals surface area contributed by atoms with Gasteiger partial charge >= 0.3 is 0 Å². The van der Waals surface area contributed by atoms with Crippen molar-refractivity contribution in [2.24, 2.45) is 0 Å². The average Bonchev–Trinajstić information content (AvgIpc) is 2.80. The lowest BCUT2D eigenvalue weighted by Gasteiger charge is -2.36. The van der Waals surface area contributed by atoms with Gasteiger partial charge in [-0.15, -0.1) is 0 Å². The van der Waals surface area contributed by atoms with E-state index in [1.807, 2.05) is 16.8 Å². The summed E-state index contributed by atoms with van der Waals surface area (Å²) in [6.45, 7) is 6.05. The fraction of sp³-hybridized carbons (Fsp3) is 0.688. The summed E-state index contributed by atoms with van der Waals surface area (Å²) in [5, 5.41) is 0. The number of aromatic nitrogens is 1. The van der Waals surface area contributed by atoms with Gasteiger partial charge in [0.25, 0.3) is 5.91 Å². The Balaban J connectivity index is 2.20. The number of nitrogen functional groups attached to an aromatic ring is 1. The molecule has 112 valence electrons. The molecule has 0 aromatic carbocycles. The van der Waals surface area contributed by atoms with Crippen LogP contribution in [-0.4, -0.2) is 28.0 Å². The molecule has 4 heteroatoms. The van der Waals surface area contributed by atoms with Crippen LogP contribution in [0.1, 0.15) is 62.9 Å². The third-order valence-corrected chi connectivity index (χ3v) is 4.11. The lowest BCUT2D eigenvalue weighted by Crippen LogP contribution is -2.44. The summed E-state index contributed by atoms with van der Waals surface area (Å²) in [4.78, 5) is 14.9. The maximum atomic E-state index is 12.8. The van der Waals surface area contributed by atoms with E-state index in [-0.39, 0.29) is 5.91 Å². The number of hydrogen-bond acceptors (Lipinski definition) is 2. The van der Waals surface area contributed by atoms with E-state index in [0.717, 1.165) is 50.9 Å². The number of rotatable bonds is 5. The average molecular weight is 277 g/mol. The van der Waals surface area contributed by atoms with Gasteiger partial charge < -0.3 is 15.2 Å². The molecule has 0 radical (unpaired) electrons. The van der Waals surface area contributed by atoms with E-state index < -0.39 is 0 Å². The van der Waals surface area contributed by atoms with E-state index in [1.165, 1.54) is 6.42 Å². The molecular formula is C16H27N3O. The SMILES string of the molecule is CCCC1CCCCN1C(=O)c1cc(N)cn1CCC. The highest BCUT2D eigenvalue weighted by Gasteiger charge is 2.28. The van der Waals surface area contributed by atoms with Crippen LogP contribution in [0.2, 0.25) is 0 Å². The van der Waals surface area contributed by atoms with Crippen molar-refractivity contribution >= 4 is 11.6 Å². The summed E-state index contributed by atoms with van der Waals surface area (Å²) in [5.74, 6) is 0.160. The Morgan fingerprint density at radius 3 is 2.85 bits per heavy atom. The molecule has 1 amide bonds. The van der Waals surface area contributed by atoms with Crippen LogP contribution in [0, 0.1) is 0 Å². The summed E-state index contributed by atoms with van der Waals surface area (Å²) in [7, 11) is 0. The number of carbonyl (C=O) groups excluding carboxylic acids is 1. The van der Waals surface area contributed by atoms with Crippen LogP contribution >= 0.6 is 0 Å². The molecule has 1 fully saturated rings. The van der Waals surface area contributed by atoms with Gasteiger partial charge in [-0.1, -0.05) is 20.3 Å². The van der Waals surface area contributed by atoms with Gasteiger partial charge in [0.05, 0.1) is 5.69 Å². The third-order valence-electron chi connectivity index (χ3n) is 4.11. The van der Waals surface area contributed by atoms with Gasteiger partial charge in [-0.2, -0.15) is 0 Å². The second-order valence-corrected chi connectivity index (χ2v) is 5.79. The summed E-state index contributed by atoms with van der Waals surface area (Å²) in [5.41, 5.74) is 7.32. The summed E-state index contributed by atoms with van der Waals surface area (Å²) in [6, 6.07) is 2.24. The molecule has 2 rings (SSSR count). The van der Waals surface area contributed by atoms with Crippen LogP contribution in [-0.2, 0) is 6.54 Å². The molecule has 0 saturated carbocycles. The molecule has 20 heavy (non-hydrogen) atoms. The maximum Gasteiger partial charge on any atom is 0.270 e. The van der Waals surface area contributed by atoms with Crippen molar-refractivity contribution in [1.82, 2.24) is 9.47 Å². The van der Waals surface area contributed by atoms with Gasteiger partial charge in [0.1, 0.15) is 5.69 Å². The van der Waals surface area contributed by atoms with E-state index >= 15 is 0 Å². The molecule has 1 saturated heterocycles. The number of nitrogens with zero attached hydrogens (tertiary/aromatic N) is 2. The van der Waals surface area contributed by atoms with Crippen LogP contribution in [0.25, 0.3) is 0 Å². The molecule has 1 unspecified atom stereocenters. The van der Waals surface area contributed by atoms with Gasteiger partial charge in [-0.05, 0) is 38.2 Å². The topological polar surface area (TPSA) is 51.3 Å². The van der Waals surface area contributed by atoms with Gasteiger partial charge in [-0.3, -0.25) is 4.79 Å². The van der Waals surface area contributed by atoms with Gasteiger partial charge in [0.15, 0.2) is 0 Å². The number of piperidine rings is 1. The largest absolute Gasteiger partial charge is 0.397 e. The quantitative estimate of drug-likeness (QED) is 0.898. The Labute approximate surface area is 121 Å². The predicted octanol–water partition coefficient (Wildman–Crippen LogP) is 3.28. The highest BCUT2D eigenvalue weighted by molar-refractivity contribution is 5.94. The Bertz CT molecular complexity index is 451. The van der Waals surface area contributed by atoms with Crippen LogP contribution in [0.15, 0.2) is 12.3 Å². The molecular weight excluding hydrogens is 250 g/mol. The Kier molecular flexibility index (Phi) is 5.10. The molecule has 0 bridgehead atoms. The minimum atomic E-state index is 0.160. The third kappa shape index (κ3) is 3.17. The molecule has 1 aromatic heterocycles. The second-order valence-electron chi connectivity index (χ2n) is 5.79. The number of likely N-dealkylation sites (tertiary alicyclic amines) is 1. The number of nitrogens with two attached hydrogens (primary N) is 1. The summed E-state index contributed by atoms with van der Waals surface area (Å²) in [6.07, 6.45) is 8.64. The Morgan fingerprint density at radius 1 is 1.35 bits per heavy atom. The minimum Gasteiger partial charge on any atom is -0.397 e. The van der Waals surface area contributed by atoms with Gasteiger partial charge in [0.2, 0.25) is 0 Å². The molecule has 0 aliphatic carbocycles. The molecule has 2 heterocycles.